The molecule has 0 saturated carbocycles. The second-order valence-corrected chi connectivity index (χ2v) is 7.67. The van der Waals surface area contributed by atoms with Gasteiger partial charge in [0.1, 0.15) is 6.10 Å². The van der Waals surface area contributed by atoms with Crippen molar-refractivity contribution < 1.29 is 9.84 Å². The largest absolute Gasteiger partial charge is 0.389 e. The van der Waals surface area contributed by atoms with Crippen molar-refractivity contribution in [3.8, 4) is 0 Å². The molecule has 20 heavy (non-hydrogen) atoms. The Balaban J connectivity index is 2.51. The second kappa shape index (κ2) is 8.73. The van der Waals surface area contributed by atoms with E-state index in [-0.39, 0.29) is 10.9 Å². The van der Waals surface area contributed by atoms with Gasteiger partial charge in [0.15, 0.2) is 0 Å². The molecule has 0 heterocycles. The van der Waals surface area contributed by atoms with E-state index >= 15 is 0 Å². The minimum absolute atomic E-state index is 0.121. The summed E-state index contributed by atoms with van der Waals surface area (Å²) in [6.45, 7) is 6.84. The highest BCUT2D eigenvalue weighted by atomic mass is 35.5. The van der Waals surface area contributed by atoms with E-state index in [9.17, 15) is 5.11 Å². The molecular weight excluding hydrogens is 292 g/mol. The maximum absolute atomic E-state index is 10.2. The number of ether oxygens (including phenoxy) is 1. The Morgan fingerprint density at radius 3 is 2.50 bits per heavy atom. The summed E-state index contributed by atoms with van der Waals surface area (Å²) in [5, 5.41) is 10.2. The van der Waals surface area contributed by atoms with Gasteiger partial charge in [-0.15, -0.1) is 0 Å². The number of hydrogen-bond acceptors (Lipinski definition) is 3. The first-order chi connectivity index (χ1) is 9.42. The number of thioether (sulfide) groups is 1. The van der Waals surface area contributed by atoms with Crippen LogP contribution in [0.15, 0.2) is 41.9 Å². The summed E-state index contributed by atoms with van der Waals surface area (Å²) in [7, 11) is 0. The molecular formula is C16H23ClO2S. The van der Waals surface area contributed by atoms with Crippen molar-refractivity contribution in [3.63, 3.8) is 0 Å². The van der Waals surface area contributed by atoms with E-state index in [1.54, 1.807) is 17.8 Å². The fourth-order valence-corrected chi connectivity index (χ4v) is 2.57. The fourth-order valence-electron chi connectivity index (χ4n) is 1.56. The van der Waals surface area contributed by atoms with Crippen LogP contribution in [0.2, 0.25) is 0 Å². The molecule has 0 saturated heterocycles. The predicted molar refractivity (Wildman–Crippen MR) is 88.2 cm³/mol. The number of halogens is 1. The van der Waals surface area contributed by atoms with Gasteiger partial charge >= 0.3 is 0 Å². The molecule has 0 aliphatic carbocycles. The maximum Gasteiger partial charge on any atom is 0.104 e. The molecule has 112 valence electrons. The van der Waals surface area contributed by atoms with Gasteiger partial charge in [0.05, 0.1) is 12.7 Å². The van der Waals surface area contributed by atoms with Crippen LogP contribution in [0.3, 0.4) is 0 Å². The van der Waals surface area contributed by atoms with Crippen molar-refractivity contribution in [2.45, 2.75) is 44.3 Å². The summed E-state index contributed by atoms with van der Waals surface area (Å²) in [5.41, 5.74) is 2.48. The van der Waals surface area contributed by atoms with Gasteiger partial charge in [-0.25, -0.2) is 0 Å². The first kappa shape index (κ1) is 17.6. The topological polar surface area (TPSA) is 29.5 Å². The van der Waals surface area contributed by atoms with Gasteiger partial charge in [-0.05, 0) is 11.6 Å². The van der Waals surface area contributed by atoms with Gasteiger partial charge in [0.25, 0.3) is 0 Å². The molecule has 2 atom stereocenters. The molecule has 0 spiro atoms. The van der Waals surface area contributed by atoms with Crippen molar-refractivity contribution >= 4 is 23.4 Å². The summed E-state index contributed by atoms with van der Waals surface area (Å²) in [6, 6.07) is 9.90. The van der Waals surface area contributed by atoms with Gasteiger partial charge in [-0.3, -0.25) is 0 Å². The molecule has 1 rings (SSSR count). The van der Waals surface area contributed by atoms with Crippen molar-refractivity contribution in [2.75, 3.05) is 5.75 Å². The predicted octanol–water partition coefficient (Wildman–Crippen LogP) is 4.22. The lowest BCUT2D eigenvalue weighted by atomic mass is 10.2. The Morgan fingerprint density at radius 2 is 1.95 bits per heavy atom. The minimum atomic E-state index is -0.571. The van der Waals surface area contributed by atoms with E-state index in [1.807, 2.05) is 30.3 Å². The van der Waals surface area contributed by atoms with Crippen LogP contribution >= 0.6 is 23.4 Å². The minimum Gasteiger partial charge on any atom is -0.389 e. The standard InChI is InChI=1S/C16H23ClO2S/c1-16(2,3)20-12-14(18)15(9-10-17)19-11-13-7-5-4-6-8-13/h4-10,14-15,18H,11-12H2,1-3H3/t14-,15+/m0/s1. The van der Waals surface area contributed by atoms with E-state index < -0.39 is 6.10 Å². The maximum atomic E-state index is 10.2. The molecule has 1 aromatic carbocycles. The lowest BCUT2D eigenvalue weighted by Gasteiger charge is -2.24. The molecule has 4 heteroatoms. The Bertz CT molecular complexity index is 401. The molecule has 0 aromatic heterocycles. The number of benzene rings is 1. The smallest absolute Gasteiger partial charge is 0.104 e. The third kappa shape index (κ3) is 7.34. The highest BCUT2D eigenvalue weighted by molar-refractivity contribution is 8.00. The van der Waals surface area contributed by atoms with Crippen molar-refractivity contribution in [1.82, 2.24) is 0 Å². The number of aliphatic hydroxyl groups excluding tert-OH is 1. The summed E-state index contributed by atoms with van der Waals surface area (Å²) in [4.78, 5) is 0. The fraction of sp³-hybridized carbons (Fsp3) is 0.500. The quantitative estimate of drug-likeness (QED) is 0.817. The lowest BCUT2D eigenvalue weighted by Crippen LogP contribution is -2.30. The average molecular weight is 315 g/mol. The third-order valence-corrected chi connectivity index (χ3v) is 4.13. The van der Waals surface area contributed by atoms with E-state index in [1.165, 1.54) is 5.54 Å². The number of aliphatic hydroxyl groups is 1. The van der Waals surface area contributed by atoms with Gasteiger partial charge in [-0.2, -0.15) is 11.8 Å². The van der Waals surface area contributed by atoms with Crippen molar-refractivity contribution in [1.29, 1.82) is 0 Å². The zero-order chi connectivity index (χ0) is 15.0. The average Bonchev–Trinajstić information content (AvgIpc) is 2.41. The van der Waals surface area contributed by atoms with Crippen LogP contribution in [-0.2, 0) is 11.3 Å². The van der Waals surface area contributed by atoms with E-state index in [0.29, 0.717) is 12.4 Å². The molecule has 0 fully saturated rings. The zero-order valence-electron chi connectivity index (χ0n) is 12.3. The number of hydrogen-bond donors (Lipinski definition) is 1. The normalized spacial score (nSPS) is 15.4. The van der Waals surface area contributed by atoms with Crippen molar-refractivity contribution in [2.24, 2.45) is 0 Å². The van der Waals surface area contributed by atoms with Crippen LogP contribution in [0, 0.1) is 0 Å². The zero-order valence-corrected chi connectivity index (χ0v) is 13.8. The molecule has 0 aliphatic heterocycles. The van der Waals surface area contributed by atoms with Crippen LogP contribution in [0.4, 0.5) is 0 Å². The molecule has 0 aliphatic rings. The van der Waals surface area contributed by atoms with Crippen LogP contribution in [-0.4, -0.2) is 27.8 Å². The SMILES string of the molecule is CC(C)(C)SC[C@H](O)[C@@H](C=CCl)OCc1ccccc1. The number of rotatable bonds is 7. The molecule has 2 nitrogen and oxygen atoms in total. The summed E-state index contributed by atoms with van der Waals surface area (Å²) in [5.74, 6) is 0.615. The summed E-state index contributed by atoms with van der Waals surface area (Å²) < 4.78 is 5.88. The molecule has 0 radical (unpaired) electrons. The van der Waals surface area contributed by atoms with Gasteiger partial charge in [-0.1, -0.05) is 62.7 Å². The Hall–Kier alpha value is -0.480. The van der Waals surface area contributed by atoms with Crippen LogP contribution in [0.1, 0.15) is 26.3 Å². The Kier molecular flexibility index (Phi) is 7.67. The first-order valence-corrected chi connectivity index (χ1v) is 8.09. The summed E-state index contributed by atoms with van der Waals surface area (Å²) >= 11 is 7.34. The Labute approximate surface area is 131 Å². The highest BCUT2D eigenvalue weighted by Crippen LogP contribution is 2.25. The lowest BCUT2D eigenvalue weighted by molar-refractivity contribution is -0.00793. The van der Waals surface area contributed by atoms with Crippen LogP contribution < -0.4 is 0 Å². The van der Waals surface area contributed by atoms with Crippen molar-refractivity contribution in [3.05, 3.63) is 47.5 Å². The van der Waals surface area contributed by atoms with Gasteiger partial charge in [0, 0.05) is 16.0 Å². The Morgan fingerprint density at radius 1 is 1.30 bits per heavy atom. The molecule has 0 unspecified atom stereocenters. The van der Waals surface area contributed by atoms with E-state index in [2.05, 4.69) is 20.8 Å². The van der Waals surface area contributed by atoms with E-state index in [0.717, 1.165) is 5.56 Å². The van der Waals surface area contributed by atoms with E-state index in [4.69, 9.17) is 16.3 Å². The monoisotopic (exact) mass is 314 g/mol. The third-order valence-electron chi connectivity index (χ3n) is 2.61. The molecule has 1 N–H and O–H groups in total. The molecule has 1 aromatic rings. The second-order valence-electron chi connectivity index (χ2n) is 5.57. The van der Waals surface area contributed by atoms with Gasteiger partial charge < -0.3 is 9.84 Å². The molecule has 0 amide bonds. The first-order valence-electron chi connectivity index (χ1n) is 6.67. The van der Waals surface area contributed by atoms with Crippen LogP contribution in [0.5, 0.6) is 0 Å². The van der Waals surface area contributed by atoms with Crippen LogP contribution in [0.25, 0.3) is 0 Å². The highest BCUT2D eigenvalue weighted by Gasteiger charge is 2.20. The molecule has 0 bridgehead atoms. The summed E-state index contributed by atoms with van der Waals surface area (Å²) in [6.07, 6.45) is 0.735. The van der Waals surface area contributed by atoms with Gasteiger partial charge in [0.2, 0.25) is 0 Å².